The third-order valence-corrected chi connectivity index (χ3v) is 3.73. The van der Waals surface area contributed by atoms with E-state index in [0.29, 0.717) is 5.92 Å². The minimum atomic E-state index is -0.0915. The summed E-state index contributed by atoms with van der Waals surface area (Å²) >= 11 is 0. The summed E-state index contributed by atoms with van der Waals surface area (Å²) in [6.45, 7) is 4.86. The van der Waals surface area contributed by atoms with Gasteiger partial charge in [0.1, 0.15) is 5.82 Å². The van der Waals surface area contributed by atoms with E-state index in [-0.39, 0.29) is 6.10 Å². The molecule has 4 nitrogen and oxygen atoms in total. The molecule has 1 aliphatic rings. The van der Waals surface area contributed by atoms with Crippen molar-refractivity contribution in [2.75, 3.05) is 13.1 Å². The third kappa shape index (κ3) is 3.54. The number of hydrogen-bond donors (Lipinski definition) is 2. The molecule has 0 radical (unpaired) electrons. The average Bonchev–Trinajstić information content (AvgIpc) is 2.73. The number of nitrogens with one attached hydrogen (secondary N) is 1. The van der Waals surface area contributed by atoms with Crippen LogP contribution in [0.1, 0.15) is 31.5 Å². The van der Waals surface area contributed by atoms with Gasteiger partial charge in [-0.1, -0.05) is 12.8 Å². The number of aryl methyl sites for hydroxylation is 1. The average molecular weight is 237 g/mol. The molecule has 2 N–H and O–H groups in total. The van der Waals surface area contributed by atoms with E-state index in [0.717, 1.165) is 38.3 Å². The summed E-state index contributed by atoms with van der Waals surface area (Å²) in [7, 11) is 0. The minimum absolute atomic E-state index is 0.0915. The van der Waals surface area contributed by atoms with Gasteiger partial charge in [-0.25, -0.2) is 4.98 Å². The molecule has 0 aliphatic heterocycles. The van der Waals surface area contributed by atoms with E-state index < -0.39 is 0 Å². The largest absolute Gasteiger partial charge is 0.393 e. The fourth-order valence-corrected chi connectivity index (χ4v) is 2.55. The Morgan fingerprint density at radius 3 is 3.00 bits per heavy atom. The minimum Gasteiger partial charge on any atom is -0.393 e. The molecule has 1 fully saturated rings. The van der Waals surface area contributed by atoms with Crippen molar-refractivity contribution >= 4 is 0 Å². The molecule has 0 saturated heterocycles. The maximum atomic E-state index is 9.84. The van der Waals surface area contributed by atoms with Crippen LogP contribution in [0.2, 0.25) is 0 Å². The number of imidazole rings is 1. The van der Waals surface area contributed by atoms with E-state index in [1.54, 1.807) is 0 Å². The van der Waals surface area contributed by atoms with Crippen LogP contribution in [0.3, 0.4) is 0 Å². The van der Waals surface area contributed by atoms with Gasteiger partial charge in [0.05, 0.1) is 6.10 Å². The molecule has 0 amide bonds. The molecular formula is C13H23N3O. The quantitative estimate of drug-likeness (QED) is 0.760. The zero-order chi connectivity index (χ0) is 12.1. The van der Waals surface area contributed by atoms with E-state index in [9.17, 15) is 5.11 Å². The van der Waals surface area contributed by atoms with E-state index in [2.05, 4.69) is 14.9 Å². The maximum Gasteiger partial charge on any atom is 0.105 e. The van der Waals surface area contributed by atoms with Crippen molar-refractivity contribution in [2.24, 2.45) is 5.92 Å². The normalized spacial score (nSPS) is 25.1. The molecular weight excluding hydrogens is 214 g/mol. The number of aliphatic hydroxyl groups excluding tert-OH is 1. The fourth-order valence-electron chi connectivity index (χ4n) is 2.55. The third-order valence-electron chi connectivity index (χ3n) is 3.73. The van der Waals surface area contributed by atoms with Gasteiger partial charge in [-0.15, -0.1) is 0 Å². The zero-order valence-corrected chi connectivity index (χ0v) is 10.6. The predicted octanol–water partition coefficient (Wildman–Crippen LogP) is 1.33. The molecule has 0 spiro atoms. The lowest BCUT2D eigenvalue weighted by Crippen LogP contribution is -2.35. The molecule has 1 aromatic heterocycles. The standard InChI is InChI=1S/C13H23N3O/c1-11-15-7-9-16(11)8-6-14-10-12-4-2-3-5-13(12)17/h7,9,12-14,17H,2-6,8,10H2,1H3. The number of aliphatic hydroxyl groups is 1. The van der Waals surface area contributed by atoms with Gasteiger partial charge < -0.3 is 15.0 Å². The van der Waals surface area contributed by atoms with Crippen LogP contribution in [-0.2, 0) is 6.54 Å². The second kappa shape index (κ2) is 6.17. The molecule has 2 unspecified atom stereocenters. The van der Waals surface area contributed by atoms with E-state index >= 15 is 0 Å². The first-order valence-corrected chi connectivity index (χ1v) is 6.64. The Bertz CT molecular complexity index is 337. The first kappa shape index (κ1) is 12.6. The van der Waals surface area contributed by atoms with Crippen LogP contribution in [-0.4, -0.2) is 33.9 Å². The summed E-state index contributed by atoms with van der Waals surface area (Å²) < 4.78 is 2.14. The maximum absolute atomic E-state index is 9.84. The van der Waals surface area contributed by atoms with Crippen LogP contribution in [0.5, 0.6) is 0 Å². The summed E-state index contributed by atoms with van der Waals surface area (Å²) in [4.78, 5) is 4.19. The first-order valence-electron chi connectivity index (χ1n) is 6.64. The Hall–Kier alpha value is -0.870. The number of rotatable bonds is 5. The molecule has 1 saturated carbocycles. The molecule has 2 atom stereocenters. The van der Waals surface area contributed by atoms with Gasteiger partial charge in [0.15, 0.2) is 0 Å². The van der Waals surface area contributed by atoms with Gasteiger partial charge in [-0.05, 0) is 25.7 Å². The van der Waals surface area contributed by atoms with E-state index in [1.165, 1.54) is 12.8 Å². The monoisotopic (exact) mass is 237 g/mol. The lowest BCUT2D eigenvalue weighted by atomic mass is 9.86. The topological polar surface area (TPSA) is 50.1 Å². The van der Waals surface area contributed by atoms with Crippen molar-refractivity contribution in [2.45, 2.75) is 45.3 Å². The van der Waals surface area contributed by atoms with Crippen molar-refractivity contribution in [1.29, 1.82) is 0 Å². The summed E-state index contributed by atoms with van der Waals surface area (Å²) in [6.07, 6.45) is 8.35. The Morgan fingerprint density at radius 1 is 1.47 bits per heavy atom. The fraction of sp³-hybridized carbons (Fsp3) is 0.769. The Kier molecular flexibility index (Phi) is 4.57. The van der Waals surface area contributed by atoms with Crippen LogP contribution in [0.15, 0.2) is 12.4 Å². The molecule has 4 heteroatoms. The molecule has 1 aromatic rings. The van der Waals surface area contributed by atoms with Crippen LogP contribution in [0.4, 0.5) is 0 Å². The second-order valence-electron chi connectivity index (χ2n) is 4.98. The van der Waals surface area contributed by atoms with Gasteiger partial charge >= 0.3 is 0 Å². The highest BCUT2D eigenvalue weighted by atomic mass is 16.3. The summed E-state index contributed by atoms with van der Waals surface area (Å²) in [5.41, 5.74) is 0. The lowest BCUT2D eigenvalue weighted by Gasteiger charge is -2.27. The highest BCUT2D eigenvalue weighted by Gasteiger charge is 2.22. The van der Waals surface area contributed by atoms with Crippen LogP contribution in [0.25, 0.3) is 0 Å². The van der Waals surface area contributed by atoms with Gasteiger partial charge in [0.25, 0.3) is 0 Å². The lowest BCUT2D eigenvalue weighted by molar-refractivity contribution is 0.0696. The predicted molar refractivity (Wildman–Crippen MR) is 67.8 cm³/mol. The number of aromatic nitrogens is 2. The Labute approximate surface area is 103 Å². The Balaban J connectivity index is 1.64. The SMILES string of the molecule is Cc1nccn1CCNCC1CCCCC1O. The second-order valence-corrected chi connectivity index (χ2v) is 4.98. The first-order chi connectivity index (χ1) is 8.27. The molecule has 1 aliphatic carbocycles. The van der Waals surface area contributed by atoms with Crippen molar-refractivity contribution < 1.29 is 5.11 Å². The van der Waals surface area contributed by atoms with Crippen LogP contribution >= 0.6 is 0 Å². The number of nitrogens with zero attached hydrogens (tertiary/aromatic N) is 2. The van der Waals surface area contributed by atoms with Gasteiger partial charge in [-0.2, -0.15) is 0 Å². The zero-order valence-electron chi connectivity index (χ0n) is 10.6. The van der Waals surface area contributed by atoms with E-state index in [1.807, 2.05) is 19.3 Å². The molecule has 0 aromatic carbocycles. The van der Waals surface area contributed by atoms with Gasteiger partial charge in [0, 0.05) is 32.0 Å². The highest BCUT2D eigenvalue weighted by molar-refractivity contribution is 4.88. The van der Waals surface area contributed by atoms with Crippen molar-refractivity contribution in [3.63, 3.8) is 0 Å². The van der Waals surface area contributed by atoms with Crippen LogP contribution in [0, 0.1) is 12.8 Å². The van der Waals surface area contributed by atoms with Crippen LogP contribution < -0.4 is 5.32 Å². The van der Waals surface area contributed by atoms with Gasteiger partial charge in [-0.3, -0.25) is 0 Å². The summed E-state index contributed by atoms with van der Waals surface area (Å²) in [6, 6.07) is 0. The smallest absolute Gasteiger partial charge is 0.105 e. The Morgan fingerprint density at radius 2 is 2.29 bits per heavy atom. The molecule has 0 bridgehead atoms. The molecule has 1 heterocycles. The van der Waals surface area contributed by atoms with E-state index in [4.69, 9.17) is 0 Å². The van der Waals surface area contributed by atoms with Crippen molar-refractivity contribution in [3.05, 3.63) is 18.2 Å². The number of hydrogen-bond acceptors (Lipinski definition) is 3. The molecule has 2 rings (SSSR count). The summed E-state index contributed by atoms with van der Waals surface area (Å²) in [5, 5.41) is 13.3. The highest BCUT2D eigenvalue weighted by Crippen LogP contribution is 2.23. The van der Waals surface area contributed by atoms with Crippen molar-refractivity contribution in [1.82, 2.24) is 14.9 Å². The molecule has 17 heavy (non-hydrogen) atoms. The summed E-state index contributed by atoms with van der Waals surface area (Å²) in [5.74, 6) is 1.51. The van der Waals surface area contributed by atoms with Gasteiger partial charge in [0.2, 0.25) is 0 Å². The molecule has 96 valence electrons. The van der Waals surface area contributed by atoms with Crippen molar-refractivity contribution in [3.8, 4) is 0 Å².